The molecule has 6 rings (SSSR count). The van der Waals surface area contributed by atoms with Crippen molar-refractivity contribution in [2.75, 3.05) is 12.9 Å². The summed E-state index contributed by atoms with van der Waals surface area (Å²) in [5.74, 6) is 1.21. The van der Waals surface area contributed by atoms with E-state index in [1.807, 2.05) is 95.7 Å². The highest BCUT2D eigenvalue weighted by atomic mass is 32.2. The van der Waals surface area contributed by atoms with Gasteiger partial charge in [0.05, 0.1) is 48.1 Å². The average molecular weight is 651 g/mol. The molecule has 1 aliphatic heterocycles. The molecule has 9 nitrogen and oxygen atoms in total. The van der Waals surface area contributed by atoms with Crippen LogP contribution in [-0.4, -0.2) is 50.2 Å². The summed E-state index contributed by atoms with van der Waals surface area (Å²) in [6.45, 7) is 4.30. The monoisotopic (exact) mass is 650 g/mol. The number of benzene rings is 3. The maximum Gasteiger partial charge on any atom is 0.253 e. The number of methoxy groups -OCH3 is 1. The van der Waals surface area contributed by atoms with Crippen molar-refractivity contribution in [2.24, 2.45) is 5.10 Å². The molecule has 0 unspecified atom stereocenters. The number of ether oxygens (including phenoxy) is 1. The van der Waals surface area contributed by atoms with Crippen LogP contribution in [0.3, 0.4) is 0 Å². The lowest BCUT2D eigenvalue weighted by Gasteiger charge is -2.22. The number of nitrogens with one attached hydrogen (secondary N) is 1. The van der Waals surface area contributed by atoms with Crippen molar-refractivity contribution in [3.05, 3.63) is 123 Å². The van der Waals surface area contributed by atoms with Crippen molar-refractivity contribution in [1.29, 1.82) is 0 Å². The van der Waals surface area contributed by atoms with Gasteiger partial charge < -0.3 is 10.1 Å². The minimum atomic E-state index is -0.233. The Labute approximate surface area is 276 Å². The molecule has 234 valence electrons. The Morgan fingerprint density at radius 2 is 1.78 bits per heavy atom. The Hall–Kier alpha value is -4.74. The number of carbonyl (C=O) groups excluding carboxylic acids is 2. The van der Waals surface area contributed by atoms with E-state index >= 15 is 0 Å². The number of carbonyl (C=O) groups is 2. The molecule has 0 saturated heterocycles. The van der Waals surface area contributed by atoms with Gasteiger partial charge in [-0.3, -0.25) is 14.2 Å². The Kier molecular flexibility index (Phi) is 9.60. The molecular weight excluding hydrogens is 617 g/mol. The molecule has 1 aliphatic rings. The number of aryl methyl sites for hydroxylation is 1. The molecule has 11 heteroatoms. The quantitative estimate of drug-likeness (QED) is 0.169. The van der Waals surface area contributed by atoms with Crippen LogP contribution < -0.4 is 10.1 Å². The minimum Gasteiger partial charge on any atom is -0.497 e. The number of nitrogens with zero attached hydrogens (tertiary/aromatic N) is 5. The van der Waals surface area contributed by atoms with E-state index in [0.717, 1.165) is 44.3 Å². The predicted molar refractivity (Wildman–Crippen MR) is 182 cm³/mol. The number of aromatic nitrogens is 3. The van der Waals surface area contributed by atoms with E-state index in [0.29, 0.717) is 17.4 Å². The Bertz CT molecular complexity index is 1850. The van der Waals surface area contributed by atoms with Crippen LogP contribution in [0, 0.1) is 13.8 Å². The standard InChI is InChI=1S/C35H34N6O3S2/c1-23-9-7-12-29(24(23)2)40-32(21-36-33(42)19-25-10-5-4-6-11-25)37-38-35(40)46-22-34(43)41-30(26-14-16-27(44-3)17-15-26)20-28(39-41)31-13-8-18-45-31/h4-18,30H,19-22H2,1-3H3,(H,36,42)/t30-/m1/s1. The Morgan fingerprint density at radius 3 is 2.52 bits per heavy atom. The molecule has 5 aromatic rings. The van der Waals surface area contributed by atoms with Gasteiger partial charge in [-0.1, -0.05) is 72.4 Å². The third-order valence-electron chi connectivity index (χ3n) is 7.97. The maximum atomic E-state index is 13.9. The van der Waals surface area contributed by atoms with Crippen LogP contribution in [0.5, 0.6) is 5.75 Å². The molecule has 1 atom stereocenters. The molecule has 3 aromatic carbocycles. The second-order valence-corrected chi connectivity index (χ2v) is 12.8. The smallest absolute Gasteiger partial charge is 0.253 e. The highest BCUT2D eigenvalue weighted by Gasteiger charge is 2.34. The fourth-order valence-corrected chi connectivity index (χ4v) is 6.90. The van der Waals surface area contributed by atoms with Crippen molar-refractivity contribution in [3.8, 4) is 11.4 Å². The van der Waals surface area contributed by atoms with Gasteiger partial charge in [0.1, 0.15) is 5.75 Å². The summed E-state index contributed by atoms with van der Waals surface area (Å²) in [6, 6.07) is 27.2. The third kappa shape index (κ3) is 6.90. The number of hydrazone groups is 1. The second kappa shape index (κ2) is 14.1. The predicted octanol–water partition coefficient (Wildman–Crippen LogP) is 6.28. The molecule has 2 amide bonds. The van der Waals surface area contributed by atoms with Gasteiger partial charge in [-0.05, 0) is 65.7 Å². The van der Waals surface area contributed by atoms with Crippen LogP contribution in [0.25, 0.3) is 5.69 Å². The van der Waals surface area contributed by atoms with Crippen LogP contribution in [0.4, 0.5) is 0 Å². The molecule has 0 radical (unpaired) electrons. The van der Waals surface area contributed by atoms with Gasteiger partial charge in [0, 0.05) is 6.42 Å². The first-order valence-electron chi connectivity index (χ1n) is 14.9. The molecule has 0 saturated carbocycles. The summed E-state index contributed by atoms with van der Waals surface area (Å²) in [5.41, 5.74) is 5.90. The normalized spacial score (nSPS) is 14.3. The average Bonchev–Trinajstić information content (AvgIpc) is 3.85. The topological polar surface area (TPSA) is 102 Å². The number of thiophene rings is 1. The number of rotatable bonds is 11. The van der Waals surface area contributed by atoms with E-state index in [-0.39, 0.29) is 36.6 Å². The van der Waals surface area contributed by atoms with Crippen molar-refractivity contribution in [1.82, 2.24) is 25.1 Å². The zero-order valence-corrected chi connectivity index (χ0v) is 27.5. The highest BCUT2D eigenvalue weighted by Crippen LogP contribution is 2.35. The molecule has 0 fully saturated rings. The largest absolute Gasteiger partial charge is 0.497 e. The Balaban J connectivity index is 1.23. The fraction of sp³-hybridized carbons (Fsp3) is 0.229. The molecule has 46 heavy (non-hydrogen) atoms. The van der Waals surface area contributed by atoms with Gasteiger partial charge in [-0.15, -0.1) is 21.5 Å². The van der Waals surface area contributed by atoms with Crippen molar-refractivity contribution in [2.45, 2.75) is 44.4 Å². The van der Waals surface area contributed by atoms with Gasteiger partial charge >= 0.3 is 0 Å². The van der Waals surface area contributed by atoms with E-state index in [1.165, 1.54) is 11.8 Å². The summed E-state index contributed by atoms with van der Waals surface area (Å²) in [5, 5.41) is 20.9. The van der Waals surface area contributed by atoms with Gasteiger partial charge in [-0.25, -0.2) is 5.01 Å². The van der Waals surface area contributed by atoms with Crippen LogP contribution in [0.1, 0.15) is 45.4 Å². The van der Waals surface area contributed by atoms with Crippen molar-refractivity contribution < 1.29 is 14.3 Å². The lowest BCUT2D eigenvalue weighted by molar-refractivity contribution is -0.130. The lowest BCUT2D eigenvalue weighted by atomic mass is 10.0. The van der Waals surface area contributed by atoms with Crippen LogP contribution >= 0.6 is 23.1 Å². The van der Waals surface area contributed by atoms with Crippen molar-refractivity contribution >= 4 is 40.6 Å². The molecule has 1 N–H and O–H groups in total. The van der Waals surface area contributed by atoms with E-state index in [9.17, 15) is 9.59 Å². The number of thioether (sulfide) groups is 1. The SMILES string of the molecule is COc1ccc([C@H]2CC(c3cccs3)=NN2C(=O)CSc2nnc(CNC(=O)Cc3ccccc3)n2-c2cccc(C)c2C)cc1. The second-order valence-electron chi connectivity index (χ2n) is 10.9. The van der Waals surface area contributed by atoms with Gasteiger partial charge in [-0.2, -0.15) is 5.10 Å². The van der Waals surface area contributed by atoms with Crippen LogP contribution in [0.2, 0.25) is 0 Å². The molecular formula is C35H34N6O3S2. The lowest BCUT2D eigenvalue weighted by Crippen LogP contribution is -2.28. The summed E-state index contributed by atoms with van der Waals surface area (Å²) >= 11 is 2.92. The highest BCUT2D eigenvalue weighted by molar-refractivity contribution is 7.99. The molecule has 2 aromatic heterocycles. The summed E-state index contributed by atoms with van der Waals surface area (Å²) in [6.07, 6.45) is 0.891. The zero-order valence-electron chi connectivity index (χ0n) is 25.8. The van der Waals surface area contributed by atoms with Crippen LogP contribution in [0.15, 0.2) is 101 Å². The molecule has 0 bridgehead atoms. The van der Waals surface area contributed by atoms with E-state index in [1.54, 1.807) is 23.5 Å². The van der Waals surface area contributed by atoms with Gasteiger partial charge in [0.2, 0.25) is 5.91 Å². The third-order valence-corrected chi connectivity index (χ3v) is 9.80. The summed E-state index contributed by atoms with van der Waals surface area (Å²) < 4.78 is 7.29. The van der Waals surface area contributed by atoms with E-state index < -0.39 is 0 Å². The summed E-state index contributed by atoms with van der Waals surface area (Å²) in [4.78, 5) is 27.7. The van der Waals surface area contributed by atoms with E-state index in [4.69, 9.17) is 9.84 Å². The maximum absolute atomic E-state index is 13.9. The molecule has 0 spiro atoms. The van der Waals surface area contributed by atoms with Crippen LogP contribution in [-0.2, 0) is 22.6 Å². The number of amides is 2. The number of hydrogen-bond donors (Lipinski definition) is 1. The first-order chi connectivity index (χ1) is 22.4. The first kappa shape index (κ1) is 31.3. The first-order valence-corrected chi connectivity index (χ1v) is 16.8. The van der Waals surface area contributed by atoms with E-state index in [2.05, 4.69) is 28.5 Å². The Morgan fingerprint density at radius 1 is 0.978 bits per heavy atom. The minimum absolute atomic E-state index is 0.107. The fourth-order valence-electron chi connectivity index (χ4n) is 5.36. The van der Waals surface area contributed by atoms with Gasteiger partial charge in [0.25, 0.3) is 5.91 Å². The number of hydrogen-bond acceptors (Lipinski definition) is 8. The summed E-state index contributed by atoms with van der Waals surface area (Å²) in [7, 11) is 1.64. The molecule has 3 heterocycles. The van der Waals surface area contributed by atoms with Gasteiger partial charge in [0.15, 0.2) is 11.0 Å². The van der Waals surface area contributed by atoms with Crippen molar-refractivity contribution in [3.63, 3.8) is 0 Å². The molecule has 0 aliphatic carbocycles. The zero-order chi connectivity index (χ0) is 32.0.